The molecular weight excluding hydrogens is 524 g/mol. The molecule has 0 bridgehead atoms. The zero-order chi connectivity index (χ0) is 26.4. The van der Waals surface area contributed by atoms with Crippen LogP contribution in [0.2, 0.25) is 0 Å². The summed E-state index contributed by atoms with van der Waals surface area (Å²) in [6.45, 7) is 7.71. The number of carbonyl (C=O) groups excluding carboxylic acids is 2. The molecule has 2 aromatic carbocycles. The summed E-state index contributed by atoms with van der Waals surface area (Å²) in [6, 6.07) is 10.5. The number of fused-ring (bicyclic) bond motifs is 1. The summed E-state index contributed by atoms with van der Waals surface area (Å²) in [5.41, 5.74) is 1.44. The van der Waals surface area contributed by atoms with Crippen LogP contribution < -0.4 is 15.0 Å². The molecule has 2 aliphatic rings. The van der Waals surface area contributed by atoms with E-state index in [1.807, 2.05) is 58.0 Å². The summed E-state index contributed by atoms with van der Waals surface area (Å²) in [5, 5.41) is 13.9. The van der Waals surface area contributed by atoms with Gasteiger partial charge in [-0.25, -0.2) is 4.90 Å². The molecule has 36 heavy (non-hydrogen) atoms. The molecule has 0 aromatic heterocycles. The van der Waals surface area contributed by atoms with Gasteiger partial charge in [-0.3, -0.25) is 19.7 Å². The molecule has 0 radical (unpaired) electrons. The van der Waals surface area contributed by atoms with E-state index in [1.165, 1.54) is 12.0 Å². The number of aliphatic carboxylic acids is 1. The topological polar surface area (TPSA) is 95.9 Å². The van der Waals surface area contributed by atoms with Gasteiger partial charge in [0.25, 0.3) is 0 Å². The number of carboxylic acid groups (broad SMARTS) is 1. The number of nitrogens with zero attached hydrogens (tertiary/aromatic N) is 1. The second kappa shape index (κ2) is 9.98. The van der Waals surface area contributed by atoms with Gasteiger partial charge < -0.3 is 9.84 Å². The lowest BCUT2D eigenvalue weighted by molar-refractivity contribution is -0.151. The molecule has 0 saturated carbocycles. The van der Waals surface area contributed by atoms with Crippen LogP contribution in [0.3, 0.4) is 0 Å². The van der Waals surface area contributed by atoms with Gasteiger partial charge in [-0.2, -0.15) is 0 Å². The largest absolute Gasteiger partial charge is 0.496 e. The molecule has 7 nitrogen and oxygen atoms in total. The molecule has 8 heteroatoms. The highest BCUT2D eigenvalue weighted by molar-refractivity contribution is 9.10. The number of nitrogens with one attached hydrogen (secondary N) is 1. The van der Waals surface area contributed by atoms with E-state index in [9.17, 15) is 19.5 Å². The minimum atomic E-state index is -1.60. The number of amides is 2. The van der Waals surface area contributed by atoms with Crippen molar-refractivity contribution in [3.63, 3.8) is 0 Å². The van der Waals surface area contributed by atoms with Crippen molar-refractivity contribution in [2.75, 3.05) is 12.0 Å². The summed E-state index contributed by atoms with van der Waals surface area (Å²) in [6.07, 6.45) is 1.82. The molecule has 4 rings (SSSR count). The van der Waals surface area contributed by atoms with E-state index in [-0.39, 0.29) is 5.91 Å². The number of carbonyl (C=O) groups is 3. The quantitative estimate of drug-likeness (QED) is 0.449. The van der Waals surface area contributed by atoms with E-state index < -0.39 is 41.2 Å². The first kappa shape index (κ1) is 26.4. The van der Waals surface area contributed by atoms with E-state index in [2.05, 4.69) is 21.2 Å². The number of methoxy groups -OCH3 is 1. The summed E-state index contributed by atoms with van der Waals surface area (Å²) < 4.78 is 6.37. The van der Waals surface area contributed by atoms with Gasteiger partial charge >= 0.3 is 5.97 Å². The van der Waals surface area contributed by atoms with Crippen LogP contribution in [0.5, 0.6) is 5.75 Å². The summed E-state index contributed by atoms with van der Waals surface area (Å²) in [4.78, 5) is 42.8. The maximum Gasteiger partial charge on any atom is 0.325 e. The molecule has 0 aliphatic carbocycles. The van der Waals surface area contributed by atoms with Gasteiger partial charge in [0.1, 0.15) is 11.3 Å². The van der Waals surface area contributed by atoms with Crippen LogP contribution in [0.25, 0.3) is 0 Å². The van der Waals surface area contributed by atoms with Crippen LogP contribution in [0.4, 0.5) is 5.69 Å². The van der Waals surface area contributed by atoms with Crippen molar-refractivity contribution in [2.24, 2.45) is 17.8 Å². The van der Waals surface area contributed by atoms with E-state index in [1.54, 1.807) is 6.07 Å². The maximum atomic E-state index is 14.2. The van der Waals surface area contributed by atoms with Crippen LogP contribution in [0.1, 0.15) is 56.8 Å². The molecular formula is C28H33BrN2O5. The zero-order valence-electron chi connectivity index (χ0n) is 21.3. The molecule has 2 N–H and O–H groups in total. The van der Waals surface area contributed by atoms with Crippen LogP contribution >= 0.6 is 15.9 Å². The molecule has 5 atom stereocenters. The number of carboxylic acids is 1. The smallest absolute Gasteiger partial charge is 0.325 e. The number of imide groups is 1. The van der Waals surface area contributed by atoms with Crippen molar-refractivity contribution in [2.45, 2.75) is 58.5 Å². The molecule has 0 spiro atoms. The molecule has 2 aliphatic heterocycles. The Morgan fingerprint density at radius 3 is 2.31 bits per heavy atom. The molecule has 2 aromatic rings. The fraction of sp³-hybridized carbons (Fsp3) is 0.464. The van der Waals surface area contributed by atoms with Crippen molar-refractivity contribution in [1.82, 2.24) is 5.32 Å². The van der Waals surface area contributed by atoms with E-state index in [4.69, 9.17) is 4.74 Å². The first-order valence-corrected chi connectivity index (χ1v) is 13.3. The molecule has 5 unspecified atom stereocenters. The Bertz CT molecular complexity index is 1190. The maximum absolute atomic E-state index is 14.2. The summed E-state index contributed by atoms with van der Waals surface area (Å²) >= 11 is 3.50. The Balaban J connectivity index is 1.98. The van der Waals surface area contributed by atoms with Gasteiger partial charge in [0, 0.05) is 16.1 Å². The Hall–Kier alpha value is -2.71. The lowest BCUT2D eigenvalue weighted by Gasteiger charge is -2.36. The van der Waals surface area contributed by atoms with Gasteiger partial charge in [0.05, 0.1) is 24.6 Å². The lowest BCUT2D eigenvalue weighted by Crippen LogP contribution is -2.59. The third kappa shape index (κ3) is 3.77. The average Bonchev–Trinajstić information content (AvgIpc) is 3.37. The molecule has 2 heterocycles. The van der Waals surface area contributed by atoms with Gasteiger partial charge in [0.2, 0.25) is 11.8 Å². The molecule has 2 fully saturated rings. The number of para-hydroxylation sites is 1. The number of halogens is 1. The highest BCUT2D eigenvalue weighted by Crippen LogP contribution is 2.54. The molecule has 2 amide bonds. The number of benzene rings is 2. The van der Waals surface area contributed by atoms with E-state index in [0.29, 0.717) is 36.3 Å². The van der Waals surface area contributed by atoms with Crippen LogP contribution in [-0.4, -0.2) is 35.5 Å². The number of anilines is 1. The predicted molar refractivity (Wildman–Crippen MR) is 141 cm³/mol. The lowest BCUT2D eigenvalue weighted by atomic mass is 9.72. The number of aryl methyl sites for hydroxylation is 2. The normalized spacial score (nSPS) is 26.3. The monoisotopic (exact) mass is 556 g/mol. The Morgan fingerprint density at radius 2 is 1.78 bits per heavy atom. The standard InChI is InChI=1S/C28H33BrN2O5/c1-6-15(4)28(27(34)35)22-21(23(30-28)19-14-18(29)12-13-20(19)36-5)25(32)31(26(22)33)24-16(7-2)10-9-11-17(24)8-3/h9-15,21-23,30H,6-8H2,1-5H3,(H,34,35). The Kier molecular flexibility index (Phi) is 7.30. The predicted octanol–water partition coefficient (Wildman–Crippen LogP) is 4.90. The van der Waals surface area contributed by atoms with Crippen LogP contribution in [-0.2, 0) is 27.2 Å². The third-order valence-corrected chi connectivity index (χ3v) is 8.55. The number of ether oxygens (including phenoxy) is 1. The highest BCUT2D eigenvalue weighted by atomic mass is 79.9. The average molecular weight is 557 g/mol. The van der Waals surface area contributed by atoms with Crippen molar-refractivity contribution in [1.29, 1.82) is 0 Å². The fourth-order valence-electron chi connectivity index (χ4n) is 6.06. The second-order valence-corrected chi connectivity index (χ2v) is 10.6. The molecule has 192 valence electrons. The Morgan fingerprint density at radius 1 is 1.14 bits per heavy atom. The first-order valence-electron chi connectivity index (χ1n) is 12.5. The van der Waals surface area contributed by atoms with Crippen molar-refractivity contribution in [3.8, 4) is 5.75 Å². The van der Waals surface area contributed by atoms with E-state index in [0.717, 1.165) is 15.6 Å². The number of rotatable bonds is 8. The zero-order valence-corrected chi connectivity index (χ0v) is 22.9. The van der Waals surface area contributed by atoms with Gasteiger partial charge in [-0.05, 0) is 48.1 Å². The summed E-state index contributed by atoms with van der Waals surface area (Å²) in [5.74, 6) is -3.76. The van der Waals surface area contributed by atoms with Gasteiger partial charge in [0.15, 0.2) is 0 Å². The van der Waals surface area contributed by atoms with Crippen molar-refractivity contribution in [3.05, 3.63) is 57.6 Å². The van der Waals surface area contributed by atoms with E-state index >= 15 is 0 Å². The van der Waals surface area contributed by atoms with Crippen molar-refractivity contribution >= 4 is 39.4 Å². The first-order chi connectivity index (χ1) is 17.2. The van der Waals surface area contributed by atoms with Crippen LogP contribution in [0, 0.1) is 17.8 Å². The second-order valence-electron chi connectivity index (χ2n) is 9.64. The van der Waals surface area contributed by atoms with Gasteiger partial charge in [-0.15, -0.1) is 0 Å². The number of hydrogen-bond acceptors (Lipinski definition) is 5. The van der Waals surface area contributed by atoms with Crippen molar-refractivity contribution < 1.29 is 24.2 Å². The minimum Gasteiger partial charge on any atom is -0.496 e. The molecule has 2 saturated heterocycles. The number of hydrogen-bond donors (Lipinski definition) is 2. The van der Waals surface area contributed by atoms with Crippen LogP contribution in [0.15, 0.2) is 40.9 Å². The van der Waals surface area contributed by atoms with Gasteiger partial charge in [-0.1, -0.05) is 68.2 Å². The minimum absolute atomic E-state index is 0.369. The Labute approximate surface area is 220 Å². The SMILES string of the molecule is CCc1cccc(CC)c1N1C(=O)C2C(c3cc(Br)ccc3OC)NC(C(=O)O)(C(C)CC)C2C1=O. The highest BCUT2D eigenvalue weighted by Gasteiger charge is 2.70. The summed E-state index contributed by atoms with van der Waals surface area (Å²) in [7, 11) is 1.54. The third-order valence-electron chi connectivity index (χ3n) is 8.05. The fourth-order valence-corrected chi connectivity index (χ4v) is 6.44.